The summed E-state index contributed by atoms with van der Waals surface area (Å²) < 4.78 is 18.7. The fourth-order valence-electron chi connectivity index (χ4n) is 3.03. The maximum absolute atomic E-state index is 12.9. The van der Waals surface area contributed by atoms with Crippen LogP contribution in [0.1, 0.15) is 33.1 Å². The Morgan fingerprint density at radius 1 is 1.32 bits per heavy atom. The lowest BCUT2D eigenvalue weighted by molar-refractivity contribution is 0.205. The van der Waals surface area contributed by atoms with Crippen LogP contribution < -0.4 is 15.4 Å². The van der Waals surface area contributed by atoms with Gasteiger partial charge in [-0.25, -0.2) is 4.39 Å². The molecule has 140 valence electrons. The summed E-state index contributed by atoms with van der Waals surface area (Å²) in [5.74, 6) is 1.22. The number of benzene rings is 1. The molecule has 1 unspecified atom stereocenters. The van der Waals surface area contributed by atoms with E-state index in [9.17, 15) is 4.39 Å². The van der Waals surface area contributed by atoms with Crippen molar-refractivity contribution in [3.8, 4) is 5.75 Å². The highest BCUT2D eigenvalue weighted by Gasteiger charge is 2.19. The fourth-order valence-corrected chi connectivity index (χ4v) is 3.03. The second kappa shape index (κ2) is 10.2. The molecule has 2 rings (SSSR count). The quantitative estimate of drug-likeness (QED) is 0.586. The van der Waals surface area contributed by atoms with Gasteiger partial charge in [0.05, 0.1) is 6.54 Å². The maximum Gasteiger partial charge on any atom is 0.191 e. The lowest BCUT2D eigenvalue weighted by atomic mass is 10.1. The first-order valence-corrected chi connectivity index (χ1v) is 9.22. The molecule has 0 saturated carbocycles. The van der Waals surface area contributed by atoms with Gasteiger partial charge in [0.25, 0.3) is 0 Å². The van der Waals surface area contributed by atoms with Crippen LogP contribution in [-0.4, -0.2) is 56.2 Å². The summed E-state index contributed by atoms with van der Waals surface area (Å²) in [6, 6.07) is 6.56. The number of likely N-dealkylation sites (tertiary alicyclic amines) is 1. The van der Waals surface area contributed by atoms with Crippen LogP contribution in [0.15, 0.2) is 29.3 Å². The van der Waals surface area contributed by atoms with Crippen molar-refractivity contribution in [3.05, 3.63) is 30.1 Å². The first kappa shape index (κ1) is 19.5. The van der Waals surface area contributed by atoms with Crippen LogP contribution in [-0.2, 0) is 0 Å². The van der Waals surface area contributed by atoms with Crippen LogP contribution in [0.3, 0.4) is 0 Å². The molecule has 1 aromatic rings. The van der Waals surface area contributed by atoms with Crippen LogP contribution in [0.5, 0.6) is 5.75 Å². The molecule has 25 heavy (non-hydrogen) atoms. The van der Waals surface area contributed by atoms with Crippen molar-refractivity contribution < 1.29 is 9.13 Å². The molecule has 0 aliphatic carbocycles. The van der Waals surface area contributed by atoms with E-state index in [2.05, 4.69) is 27.4 Å². The smallest absolute Gasteiger partial charge is 0.191 e. The van der Waals surface area contributed by atoms with Gasteiger partial charge in [-0.15, -0.1) is 0 Å². The molecule has 0 bridgehead atoms. The molecule has 1 aliphatic rings. The Labute approximate surface area is 150 Å². The normalized spacial score (nSPS) is 18.0. The second-order valence-corrected chi connectivity index (χ2v) is 6.60. The predicted octanol–water partition coefficient (Wildman–Crippen LogP) is 2.63. The number of guanidine groups is 1. The lowest BCUT2D eigenvalue weighted by Crippen LogP contribution is -2.50. The van der Waals surface area contributed by atoms with Gasteiger partial charge in [-0.2, -0.15) is 0 Å². The molecule has 2 N–H and O–H groups in total. The van der Waals surface area contributed by atoms with Crippen molar-refractivity contribution in [2.45, 2.75) is 45.3 Å². The SMILES string of the molecule is CCCN1CCC(NC(=NC)NCC(C)Oc2ccc(F)cc2)CC1. The lowest BCUT2D eigenvalue weighted by Gasteiger charge is -2.33. The maximum atomic E-state index is 12.9. The molecule has 1 saturated heterocycles. The highest BCUT2D eigenvalue weighted by Crippen LogP contribution is 2.13. The van der Waals surface area contributed by atoms with E-state index < -0.39 is 0 Å². The highest BCUT2D eigenvalue weighted by molar-refractivity contribution is 5.80. The van der Waals surface area contributed by atoms with E-state index in [0.717, 1.165) is 31.9 Å². The van der Waals surface area contributed by atoms with E-state index in [1.807, 2.05) is 6.92 Å². The van der Waals surface area contributed by atoms with E-state index in [4.69, 9.17) is 4.74 Å². The van der Waals surface area contributed by atoms with Crippen molar-refractivity contribution >= 4 is 5.96 Å². The molecule has 0 aromatic heterocycles. The van der Waals surface area contributed by atoms with Crippen molar-refractivity contribution in [1.82, 2.24) is 15.5 Å². The van der Waals surface area contributed by atoms with E-state index >= 15 is 0 Å². The topological polar surface area (TPSA) is 48.9 Å². The summed E-state index contributed by atoms with van der Waals surface area (Å²) in [7, 11) is 1.78. The molecule has 1 heterocycles. The summed E-state index contributed by atoms with van der Waals surface area (Å²) in [5, 5.41) is 6.81. The number of ether oxygens (including phenoxy) is 1. The van der Waals surface area contributed by atoms with E-state index in [1.54, 1.807) is 19.2 Å². The van der Waals surface area contributed by atoms with E-state index in [-0.39, 0.29) is 11.9 Å². The zero-order valence-electron chi connectivity index (χ0n) is 15.6. The molecule has 1 aliphatic heterocycles. The third-order valence-corrected chi connectivity index (χ3v) is 4.40. The van der Waals surface area contributed by atoms with Gasteiger partial charge >= 0.3 is 0 Å². The van der Waals surface area contributed by atoms with Crippen molar-refractivity contribution in [2.75, 3.05) is 33.2 Å². The Bertz CT molecular complexity index is 527. The minimum absolute atomic E-state index is 0.0459. The molecule has 1 fully saturated rings. The third-order valence-electron chi connectivity index (χ3n) is 4.40. The van der Waals surface area contributed by atoms with Crippen molar-refractivity contribution in [3.63, 3.8) is 0 Å². The highest BCUT2D eigenvalue weighted by atomic mass is 19.1. The molecule has 1 atom stereocenters. The van der Waals surface area contributed by atoms with Gasteiger partial charge in [0.1, 0.15) is 17.7 Å². The van der Waals surface area contributed by atoms with Gasteiger partial charge in [-0.3, -0.25) is 4.99 Å². The molecule has 6 heteroatoms. The Balaban J connectivity index is 1.70. The first-order chi connectivity index (χ1) is 12.1. The van der Waals surface area contributed by atoms with Crippen LogP contribution >= 0.6 is 0 Å². The molecule has 1 aromatic carbocycles. The molecule has 5 nitrogen and oxygen atoms in total. The summed E-state index contributed by atoms with van der Waals surface area (Å²) in [6.07, 6.45) is 3.45. The number of piperidine rings is 1. The molecular weight excluding hydrogens is 319 g/mol. The van der Waals surface area contributed by atoms with Gasteiger partial charge in [-0.05, 0) is 57.0 Å². The summed E-state index contributed by atoms with van der Waals surface area (Å²) in [5.41, 5.74) is 0. The third kappa shape index (κ3) is 6.90. The van der Waals surface area contributed by atoms with Crippen molar-refractivity contribution in [2.24, 2.45) is 4.99 Å². The Morgan fingerprint density at radius 2 is 2.00 bits per heavy atom. The van der Waals surface area contributed by atoms with Gasteiger partial charge in [0, 0.05) is 26.2 Å². The number of halogens is 1. The number of nitrogens with zero attached hydrogens (tertiary/aromatic N) is 2. The standard InChI is InChI=1S/C19H31FN4O/c1-4-11-24-12-9-17(10-13-24)23-19(21-3)22-14-15(2)25-18-7-5-16(20)6-8-18/h5-8,15,17H,4,9-14H2,1-3H3,(H2,21,22,23). The molecule has 0 amide bonds. The summed E-state index contributed by atoms with van der Waals surface area (Å²) in [6.45, 7) is 8.32. The van der Waals surface area contributed by atoms with Crippen LogP contribution in [0.25, 0.3) is 0 Å². The first-order valence-electron chi connectivity index (χ1n) is 9.22. The summed E-state index contributed by atoms with van der Waals surface area (Å²) in [4.78, 5) is 6.82. The fraction of sp³-hybridized carbons (Fsp3) is 0.632. The average molecular weight is 350 g/mol. The Kier molecular flexibility index (Phi) is 7.98. The Hall–Kier alpha value is -1.82. The second-order valence-electron chi connectivity index (χ2n) is 6.60. The predicted molar refractivity (Wildman–Crippen MR) is 101 cm³/mol. The zero-order chi connectivity index (χ0) is 18.1. The minimum Gasteiger partial charge on any atom is -0.489 e. The van der Waals surface area contributed by atoms with Crippen LogP contribution in [0, 0.1) is 5.82 Å². The van der Waals surface area contributed by atoms with Gasteiger partial charge in [-0.1, -0.05) is 6.92 Å². The number of aliphatic imine (C=N–C) groups is 1. The molecule has 0 radical (unpaired) electrons. The average Bonchev–Trinajstić information content (AvgIpc) is 2.62. The Morgan fingerprint density at radius 3 is 2.60 bits per heavy atom. The number of hydrogen-bond acceptors (Lipinski definition) is 3. The van der Waals surface area contributed by atoms with E-state index in [1.165, 1.54) is 25.1 Å². The van der Waals surface area contributed by atoms with Crippen molar-refractivity contribution in [1.29, 1.82) is 0 Å². The number of nitrogens with one attached hydrogen (secondary N) is 2. The van der Waals surface area contributed by atoms with Gasteiger partial charge in [0.15, 0.2) is 5.96 Å². The van der Waals surface area contributed by atoms with Crippen LogP contribution in [0.2, 0.25) is 0 Å². The van der Waals surface area contributed by atoms with Crippen LogP contribution in [0.4, 0.5) is 4.39 Å². The molecule has 0 spiro atoms. The van der Waals surface area contributed by atoms with E-state index in [0.29, 0.717) is 18.3 Å². The number of rotatable bonds is 7. The summed E-state index contributed by atoms with van der Waals surface area (Å²) >= 11 is 0. The zero-order valence-corrected chi connectivity index (χ0v) is 15.6. The molecular formula is C19H31FN4O. The number of hydrogen-bond donors (Lipinski definition) is 2. The largest absolute Gasteiger partial charge is 0.489 e. The monoisotopic (exact) mass is 350 g/mol. The minimum atomic E-state index is -0.257. The van der Waals surface area contributed by atoms with Gasteiger partial charge < -0.3 is 20.3 Å². The van der Waals surface area contributed by atoms with Gasteiger partial charge in [0.2, 0.25) is 0 Å².